The third-order valence-electron chi connectivity index (χ3n) is 5.37. The number of benzene rings is 2. The number of methoxy groups -OCH3 is 1. The number of para-hydroxylation sites is 1. The van der Waals surface area contributed by atoms with Crippen LogP contribution in [0.15, 0.2) is 45.6 Å². The molecule has 2 aromatic carbocycles. The van der Waals surface area contributed by atoms with E-state index in [1.807, 2.05) is 0 Å². The molecule has 6 N–H and O–H groups in total. The summed E-state index contributed by atoms with van der Waals surface area (Å²) in [7, 11) is 1.25. The van der Waals surface area contributed by atoms with Crippen LogP contribution in [0.25, 0.3) is 22.3 Å². The summed E-state index contributed by atoms with van der Waals surface area (Å²) in [5.41, 5.74) is -0.606. The van der Waals surface area contributed by atoms with E-state index >= 15 is 0 Å². The molecule has 0 saturated carbocycles. The van der Waals surface area contributed by atoms with Crippen LogP contribution in [0.2, 0.25) is 0 Å². The minimum atomic E-state index is -1.72. The number of hydrogen-bond acceptors (Lipinski definition) is 11. The van der Waals surface area contributed by atoms with Gasteiger partial charge in [0.2, 0.25) is 12.0 Å². The summed E-state index contributed by atoms with van der Waals surface area (Å²) < 4.78 is 22.0. The quantitative estimate of drug-likeness (QED) is 0.302. The lowest BCUT2D eigenvalue weighted by atomic mass is 9.99. The molecule has 1 aliphatic heterocycles. The third-order valence-corrected chi connectivity index (χ3v) is 5.37. The lowest BCUT2D eigenvalue weighted by molar-refractivity contribution is -0.277. The molecular weight excluding hydrogens is 440 g/mol. The number of aromatic hydroxyl groups is 2. The average Bonchev–Trinajstić information content (AvgIpc) is 2.79. The van der Waals surface area contributed by atoms with Gasteiger partial charge in [-0.2, -0.15) is 0 Å². The molecule has 0 bridgehead atoms. The Morgan fingerprint density at radius 1 is 1.00 bits per heavy atom. The molecule has 0 radical (unpaired) electrons. The van der Waals surface area contributed by atoms with E-state index in [4.69, 9.17) is 18.6 Å². The van der Waals surface area contributed by atoms with Gasteiger partial charge in [-0.25, -0.2) is 0 Å². The van der Waals surface area contributed by atoms with E-state index in [2.05, 4.69) is 0 Å². The maximum Gasteiger partial charge on any atom is 0.229 e. The highest BCUT2D eigenvalue weighted by atomic mass is 16.7. The Hall–Kier alpha value is -3.35. The molecule has 4 rings (SSSR count). The first-order valence-electron chi connectivity index (χ1n) is 9.90. The maximum absolute atomic E-state index is 12.7. The second-order valence-corrected chi connectivity index (χ2v) is 7.44. The lowest BCUT2D eigenvalue weighted by Gasteiger charge is -2.39. The minimum Gasteiger partial charge on any atom is -0.507 e. The monoisotopic (exact) mass is 462 g/mol. The molecule has 2 heterocycles. The van der Waals surface area contributed by atoms with Crippen LogP contribution in [0, 0.1) is 0 Å². The molecule has 0 amide bonds. The number of ether oxygens (including phenoxy) is 3. The minimum absolute atomic E-state index is 0.00621. The van der Waals surface area contributed by atoms with E-state index < -0.39 is 48.5 Å². The first-order valence-corrected chi connectivity index (χ1v) is 9.90. The van der Waals surface area contributed by atoms with E-state index in [9.17, 15) is 35.4 Å². The van der Waals surface area contributed by atoms with Crippen molar-refractivity contribution in [2.24, 2.45) is 0 Å². The van der Waals surface area contributed by atoms with Gasteiger partial charge in [-0.05, 0) is 12.1 Å². The number of aliphatic hydroxyl groups is 4. The number of fused-ring (bicyclic) bond motifs is 1. The largest absolute Gasteiger partial charge is 0.507 e. The van der Waals surface area contributed by atoms with Gasteiger partial charge in [0, 0.05) is 12.1 Å². The number of aliphatic hydroxyl groups excluding tert-OH is 4. The van der Waals surface area contributed by atoms with Crippen molar-refractivity contribution in [3.63, 3.8) is 0 Å². The zero-order valence-corrected chi connectivity index (χ0v) is 17.3. The first kappa shape index (κ1) is 22.8. The van der Waals surface area contributed by atoms with Gasteiger partial charge in [0.05, 0.1) is 19.3 Å². The molecule has 11 nitrogen and oxygen atoms in total. The van der Waals surface area contributed by atoms with Crippen molar-refractivity contribution < 1.29 is 49.3 Å². The highest BCUT2D eigenvalue weighted by molar-refractivity contribution is 5.92. The Kier molecular flexibility index (Phi) is 6.15. The van der Waals surface area contributed by atoms with Gasteiger partial charge in [0.25, 0.3) is 0 Å². The number of hydrogen-bond donors (Lipinski definition) is 6. The van der Waals surface area contributed by atoms with E-state index in [0.717, 1.165) is 12.1 Å². The summed E-state index contributed by atoms with van der Waals surface area (Å²) in [6.07, 6.45) is -7.79. The van der Waals surface area contributed by atoms with Crippen molar-refractivity contribution >= 4 is 11.0 Å². The van der Waals surface area contributed by atoms with E-state index in [1.54, 1.807) is 12.1 Å². The van der Waals surface area contributed by atoms with Gasteiger partial charge in [-0.15, -0.1) is 0 Å². The first-order chi connectivity index (χ1) is 15.8. The van der Waals surface area contributed by atoms with Gasteiger partial charge in [0.1, 0.15) is 47.1 Å². The van der Waals surface area contributed by atoms with Gasteiger partial charge in [0.15, 0.2) is 16.8 Å². The summed E-state index contributed by atoms with van der Waals surface area (Å²) in [6, 6.07) is 8.31. The standard InChI is InChI=1S/C22H22O11/c1-30-20-14(32-22-19(29)18(28)17(27)15(8-23)33-22)7-12(26)16-11(25)6-13(31-21(16)20)9-4-2-3-5-10(9)24/h2-7,15,17-19,22-24,26-29H,8H2,1H3/t15-,17-,18+,19-,22-/m1/s1. The number of phenolic OH excluding ortho intramolecular Hbond substituents is 2. The van der Waals surface area contributed by atoms with Crippen LogP contribution in [0.5, 0.6) is 23.0 Å². The van der Waals surface area contributed by atoms with Crippen molar-refractivity contribution in [1.82, 2.24) is 0 Å². The number of phenols is 2. The van der Waals surface area contributed by atoms with Crippen LogP contribution in [-0.4, -0.2) is 75.1 Å². The van der Waals surface area contributed by atoms with Gasteiger partial charge in [-0.1, -0.05) is 12.1 Å². The number of rotatable bonds is 5. The van der Waals surface area contributed by atoms with Gasteiger partial charge < -0.3 is 49.3 Å². The second kappa shape index (κ2) is 8.89. The lowest BCUT2D eigenvalue weighted by Crippen LogP contribution is -2.60. The molecule has 5 atom stereocenters. The summed E-state index contributed by atoms with van der Waals surface area (Å²) in [4.78, 5) is 12.7. The molecule has 1 fully saturated rings. The molecule has 1 saturated heterocycles. The van der Waals surface area contributed by atoms with Crippen LogP contribution in [-0.2, 0) is 4.74 Å². The molecule has 0 unspecified atom stereocenters. The van der Waals surface area contributed by atoms with Crippen LogP contribution in [0.4, 0.5) is 0 Å². The van der Waals surface area contributed by atoms with Crippen LogP contribution in [0.3, 0.4) is 0 Å². The van der Waals surface area contributed by atoms with Crippen molar-refractivity contribution in [3.05, 3.63) is 46.6 Å². The highest BCUT2D eigenvalue weighted by Crippen LogP contribution is 2.43. The Balaban J connectivity index is 1.83. The van der Waals surface area contributed by atoms with Crippen molar-refractivity contribution in [3.8, 4) is 34.3 Å². The predicted octanol–water partition coefficient (Wildman–Crippen LogP) is 0.0585. The molecule has 1 aliphatic rings. The zero-order chi connectivity index (χ0) is 23.9. The maximum atomic E-state index is 12.7. The SMILES string of the molecule is COc1c(O[C@@H]2O[C@H](CO)[C@@H](O)[C@H](O)[C@H]2O)cc(O)c2c(=O)cc(-c3ccccc3O)oc12. The van der Waals surface area contributed by atoms with Crippen LogP contribution in [0.1, 0.15) is 0 Å². The Morgan fingerprint density at radius 3 is 2.39 bits per heavy atom. The molecule has 0 aliphatic carbocycles. The van der Waals surface area contributed by atoms with Crippen molar-refractivity contribution in [1.29, 1.82) is 0 Å². The van der Waals surface area contributed by atoms with Crippen molar-refractivity contribution in [2.45, 2.75) is 30.7 Å². The van der Waals surface area contributed by atoms with Crippen LogP contribution < -0.4 is 14.9 Å². The molecule has 33 heavy (non-hydrogen) atoms. The normalized spacial score (nSPS) is 25.2. The van der Waals surface area contributed by atoms with Gasteiger partial charge in [-0.3, -0.25) is 4.79 Å². The Morgan fingerprint density at radius 2 is 1.73 bits per heavy atom. The topological polar surface area (TPSA) is 179 Å². The molecular formula is C22H22O11. The van der Waals surface area contributed by atoms with E-state index in [0.29, 0.717) is 0 Å². The molecule has 0 spiro atoms. The zero-order valence-electron chi connectivity index (χ0n) is 17.3. The molecule has 176 valence electrons. The summed E-state index contributed by atoms with van der Waals surface area (Å²) >= 11 is 0. The Labute approximate surface area is 186 Å². The predicted molar refractivity (Wildman–Crippen MR) is 112 cm³/mol. The van der Waals surface area contributed by atoms with E-state index in [-0.39, 0.29) is 39.5 Å². The third kappa shape index (κ3) is 3.96. The molecule has 3 aromatic rings. The van der Waals surface area contributed by atoms with Crippen molar-refractivity contribution in [2.75, 3.05) is 13.7 Å². The summed E-state index contributed by atoms with van der Waals surface area (Å²) in [5.74, 6) is -1.04. The smallest absolute Gasteiger partial charge is 0.229 e. The van der Waals surface area contributed by atoms with Crippen LogP contribution >= 0.6 is 0 Å². The fourth-order valence-corrected chi connectivity index (χ4v) is 3.66. The summed E-state index contributed by atoms with van der Waals surface area (Å²) in [6.45, 7) is -0.663. The molecule has 1 aromatic heterocycles. The fourth-order valence-electron chi connectivity index (χ4n) is 3.66. The molecule has 11 heteroatoms. The van der Waals surface area contributed by atoms with Gasteiger partial charge >= 0.3 is 0 Å². The second-order valence-electron chi connectivity index (χ2n) is 7.44. The summed E-state index contributed by atoms with van der Waals surface area (Å²) in [5, 5.41) is 59.9. The Bertz CT molecular complexity index is 1220. The fraction of sp³-hybridized carbons (Fsp3) is 0.318. The van der Waals surface area contributed by atoms with E-state index in [1.165, 1.54) is 19.2 Å². The average molecular weight is 462 g/mol. The highest BCUT2D eigenvalue weighted by Gasteiger charge is 2.45.